The van der Waals surface area contributed by atoms with E-state index in [4.69, 9.17) is 9.47 Å². The third-order valence-electron chi connectivity index (χ3n) is 12.6. The van der Waals surface area contributed by atoms with Crippen LogP contribution in [0.3, 0.4) is 0 Å². The number of hydrogen-bond donors (Lipinski definition) is 3. The molecule has 13 nitrogen and oxygen atoms in total. The predicted octanol–water partition coefficient (Wildman–Crippen LogP) is 9.18. The van der Waals surface area contributed by atoms with E-state index in [2.05, 4.69) is 56.1 Å². The summed E-state index contributed by atoms with van der Waals surface area (Å²) in [6.45, 7) is 5.03. The molecule has 3 fully saturated rings. The van der Waals surface area contributed by atoms with E-state index in [0.717, 1.165) is 61.2 Å². The van der Waals surface area contributed by atoms with Gasteiger partial charge >= 0.3 is 0 Å². The van der Waals surface area contributed by atoms with Gasteiger partial charge in [0.15, 0.2) is 0 Å². The summed E-state index contributed by atoms with van der Waals surface area (Å²) in [5, 5.41) is 16.0. The van der Waals surface area contributed by atoms with Crippen molar-refractivity contribution in [2.45, 2.75) is 87.6 Å². The standard InChI is InChI=1S/C46H50N6O7S/c1-29-4-13-38(32-5-6-32)40(23-29)42-3-2-20-51(42)35-10-7-31(8-11-35)33-9-14-39(44(25-33)59-36-24-34-16-19-47-45(34)49-28-36)46(53)50-60(56,57)37-12-15-41(43(26-37)52(54)55)48-27-30-17-21-58-22-18-30/h4,7,9,12-16,19,23-26,28,30,32,35,42,48H,2-3,5-6,8,10-11,17-18,20-22,27H2,1H3,(H,47,49)(H,50,53). The van der Waals surface area contributed by atoms with Gasteiger partial charge in [-0.05, 0) is 142 Å². The van der Waals surface area contributed by atoms with Crippen LogP contribution in [0, 0.1) is 23.0 Å². The van der Waals surface area contributed by atoms with Crippen LogP contribution in [-0.4, -0.2) is 66.5 Å². The van der Waals surface area contributed by atoms with Crippen molar-refractivity contribution in [1.82, 2.24) is 19.6 Å². The Bertz CT molecular complexity index is 2580. The van der Waals surface area contributed by atoms with Crippen LogP contribution in [0.4, 0.5) is 11.4 Å². The number of pyridine rings is 1. The van der Waals surface area contributed by atoms with Gasteiger partial charge in [0.05, 0.1) is 21.6 Å². The number of hydrogen-bond acceptors (Lipinski definition) is 10. The minimum Gasteiger partial charge on any atom is -0.455 e. The Kier molecular flexibility index (Phi) is 11.2. The number of anilines is 1. The maximum atomic E-state index is 13.9. The van der Waals surface area contributed by atoms with Crippen molar-refractivity contribution >= 4 is 43.9 Å². The molecule has 3 N–H and O–H groups in total. The summed E-state index contributed by atoms with van der Waals surface area (Å²) >= 11 is 0. The van der Waals surface area contributed by atoms with Gasteiger partial charge in [-0.1, -0.05) is 35.9 Å². The summed E-state index contributed by atoms with van der Waals surface area (Å²) in [4.78, 5) is 35.2. The Morgan fingerprint density at radius 3 is 2.63 bits per heavy atom. The van der Waals surface area contributed by atoms with Gasteiger partial charge in [0.1, 0.15) is 22.8 Å². The first-order valence-corrected chi connectivity index (χ1v) is 22.6. The lowest BCUT2D eigenvalue weighted by atomic mass is 9.87. The van der Waals surface area contributed by atoms with Crippen LogP contribution in [-0.2, 0) is 14.8 Å². The highest BCUT2D eigenvalue weighted by Crippen LogP contribution is 2.47. The highest BCUT2D eigenvalue weighted by atomic mass is 32.2. The van der Waals surface area contributed by atoms with Gasteiger partial charge < -0.3 is 19.8 Å². The summed E-state index contributed by atoms with van der Waals surface area (Å²) in [6.07, 6.45) is 14.9. The molecule has 2 unspecified atom stereocenters. The Balaban J connectivity index is 0.956. The monoisotopic (exact) mass is 830 g/mol. The number of nitro benzene ring substituents is 1. The highest BCUT2D eigenvalue weighted by molar-refractivity contribution is 7.90. The zero-order valence-corrected chi connectivity index (χ0v) is 34.5. The summed E-state index contributed by atoms with van der Waals surface area (Å²) in [6, 6.07) is 20.3. The van der Waals surface area contributed by atoms with E-state index in [-0.39, 0.29) is 22.9 Å². The molecule has 4 aliphatic rings. The number of rotatable bonds is 13. The van der Waals surface area contributed by atoms with Crippen LogP contribution in [0.15, 0.2) is 90.1 Å². The van der Waals surface area contributed by atoms with E-state index >= 15 is 0 Å². The van der Waals surface area contributed by atoms with Gasteiger partial charge in [-0.3, -0.25) is 19.8 Å². The highest BCUT2D eigenvalue weighted by Gasteiger charge is 2.36. The van der Waals surface area contributed by atoms with E-state index in [9.17, 15) is 23.3 Å². The average Bonchev–Trinajstić information content (AvgIpc) is 3.78. The van der Waals surface area contributed by atoms with Crippen LogP contribution in [0.1, 0.15) is 102 Å². The maximum absolute atomic E-state index is 13.9. The number of nitro groups is 1. The lowest BCUT2D eigenvalue weighted by molar-refractivity contribution is -0.384. The number of allylic oxidation sites excluding steroid dienone is 1. The molecule has 4 heterocycles. The molecular formula is C46H50N6O7S. The van der Waals surface area contributed by atoms with Crippen LogP contribution in [0.5, 0.6) is 11.5 Å². The number of ether oxygens (including phenoxy) is 2. The molecule has 0 bridgehead atoms. The van der Waals surface area contributed by atoms with Gasteiger partial charge in [-0.2, -0.15) is 0 Å². The van der Waals surface area contributed by atoms with Gasteiger partial charge in [0.2, 0.25) is 0 Å². The molecular weight excluding hydrogens is 781 g/mol. The second-order valence-corrected chi connectivity index (χ2v) is 18.3. The van der Waals surface area contributed by atoms with Gasteiger partial charge in [0, 0.05) is 49.5 Å². The number of aryl methyl sites for hydroxylation is 1. The van der Waals surface area contributed by atoms with Crippen LogP contribution in [0.2, 0.25) is 0 Å². The molecule has 3 aromatic carbocycles. The van der Waals surface area contributed by atoms with Crippen molar-refractivity contribution in [3.8, 4) is 11.5 Å². The number of fused-ring (bicyclic) bond motifs is 1. The normalized spacial score (nSPS) is 20.2. The predicted molar refractivity (Wildman–Crippen MR) is 230 cm³/mol. The lowest BCUT2D eigenvalue weighted by Crippen LogP contribution is -2.36. The number of likely N-dealkylation sites (tertiary alicyclic amines) is 1. The van der Waals surface area contributed by atoms with Gasteiger partial charge in [0.25, 0.3) is 21.6 Å². The van der Waals surface area contributed by atoms with E-state index in [1.807, 2.05) is 12.1 Å². The molecule has 2 aromatic heterocycles. The topological polar surface area (TPSA) is 169 Å². The second-order valence-electron chi connectivity index (χ2n) is 16.7. The molecule has 60 heavy (non-hydrogen) atoms. The van der Waals surface area contributed by atoms with E-state index in [1.54, 1.807) is 30.6 Å². The first-order valence-electron chi connectivity index (χ1n) is 21.1. The van der Waals surface area contributed by atoms with E-state index in [0.29, 0.717) is 49.2 Å². The molecule has 2 aliphatic heterocycles. The van der Waals surface area contributed by atoms with E-state index in [1.165, 1.54) is 54.5 Å². The molecule has 2 atom stereocenters. The molecule has 2 saturated heterocycles. The van der Waals surface area contributed by atoms with Crippen LogP contribution in [0.25, 0.3) is 16.6 Å². The number of carbonyl (C=O) groups is 1. The van der Waals surface area contributed by atoms with Crippen LogP contribution < -0.4 is 14.8 Å². The third-order valence-corrected chi connectivity index (χ3v) is 13.9. The quantitative estimate of drug-likeness (QED) is 0.0769. The molecule has 9 rings (SSSR count). The SMILES string of the molecule is Cc1ccc(C2CC2)c(C2CCCN2C2CC=C(c3ccc(C(=O)NS(=O)(=O)c4ccc(NCC5CCOCC5)c([N+](=O)[O-])c4)c(Oc4cnc5[nH]ccc5c4)c3)CC2)c1. The molecule has 2 aliphatic carbocycles. The number of benzene rings is 3. The van der Waals surface area contributed by atoms with Crippen molar-refractivity contribution in [3.05, 3.63) is 123 Å². The Labute approximate surface area is 349 Å². The maximum Gasteiger partial charge on any atom is 0.293 e. The third kappa shape index (κ3) is 8.54. The van der Waals surface area contributed by atoms with Crippen molar-refractivity contribution in [2.24, 2.45) is 5.92 Å². The van der Waals surface area contributed by atoms with Crippen molar-refractivity contribution in [2.75, 3.05) is 31.6 Å². The van der Waals surface area contributed by atoms with Gasteiger partial charge in [-0.25, -0.2) is 18.1 Å². The number of sulfonamides is 1. The van der Waals surface area contributed by atoms with Crippen molar-refractivity contribution < 1.29 is 27.6 Å². The molecule has 14 heteroatoms. The largest absolute Gasteiger partial charge is 0.455 e. The second kappa shape index (κ2) is 16.8. The number of amides is 1. The fourth-order valence-electron chi connectivity index (χ4n) is 9.21. The zero-order valence-electron chi connectivity index (χ0n) is 33.7. The first kappa shape index (κ1) is 39.9. The average molecular weight is 831 g/mol. The number of nitrogens with zero attached hydrogens (tertiary/aromatic N) is 3. The Hall–Kier alpha value is -5.57. The summed E-state index contributed by atoms with van der Waals surface area (Å²) in [5.41, 5.74) is 6.84. The fourth-order valence-corrected chi connectivity index (χ4v) is 10.2. The Morgan fingerprint density at radius 1 is 1.00 bits per heavy atom. The van der Waals surface area contributed by atoms with Crippen molar-refractivity contribution in [3.63, 3.8) is 0 Å². The minimum absolute atomic E-state index is 0.0143. The smallest absolute Gasteiger partial charge is 0.293 e. The number of H-pyrrole nitrogens is 1. The summed E-state index contributed by atoms with van der Waals surface area (Å²) < 4.78 is 41.2. The van der Waals surface area contributed by atoms with Crippen LogP contribution >= 0.6 is 0 Å². The number of aromatic nitrogens is 2. The number of carbonyl (C=O) groups excluding carboxylic acids is 1. The molecule has 1 saturated carbocycles. The lowest BCUT2D eigenvalue weighted by Gasteiger charge is -2.36. The summed E-state index contributed by atoms with van der Waals surface area (Å²) in [5.74, 6) is 0.574. The first-order chi connectivity index (χ1) is 29.1. The molecule has 0 radical (unpaired) electrons. The zero-order chi connectivity index (χ0) is 41.4. The molecule has 1 amide bonds. The minimum atomic E-state index is -4.54. The Morgan fingerprint density at radius 2 is 1.85 bits per heavy atom. The van der Waals surface area contributed by atoms with Gasteiger partial charge in [-0.15, -0.1) is 0 Å². The molecule has 312 valence electrons. The van der Waals surface area contributed by atoms with E-state index < -0.39 is 31.4 Å². The molecule has 5 aromatic rings. The number of aromatic amines is 1. The fraction of sp³-hybridized carbons (Fsp3) is 0.391. The summed E-state index contributed by atoms with van der Waals surface area (Å²) in [7, 11) is -4.54. The van der Waals surface area contributed by atoms with Crippen molar-refractivity contribution in [1.29, 1.82) is 0 Å². The number of nitrogens with one attached hydrogen (secondary N) is 3. The molecule has 0 spiro atoms.